The molecule has 1 aliphatic heterocycles. The average molecular weight is 405 g/mol. The Bertz CT molecular complexity index is 1090. The number of aromatic nitrogens is 1. The molecular weight excluding hydrogens is 390 g/mol. The number of nitrogens with one attached hydrogen (secondary N) is 1. The van der Waals surface area contributed by atoms with Crippen molar-refractivity contribution in [3.8, 4) is 16.5 Å². The van der Waals surface area contributed by atoms with Crippen molar-refractivity contribution in [2.24, 2.45) is 0 Å². The van der Waals surface area contributed by atoms with E-state index in [1.54, 1.807) is 17.5 Å². The number of phenolic OH excluding ortho intramolecular Hbond substituents is 1. The molecule has 0 saturated carbocycles. The van der Waals surface area contributed by atoms with Gasteiger partial charge >= 0.3 is 0 Å². The number of hydrogen-bond donors (Lipinski definition) is 2. The molecule has 2 aromatic heterocycles. The lowest BCUT2D eigenvalue weighted by atomic mass is 10.2. The van der Waals surface area contributed by atoms with Gasteiger partial charge in [-0.1, -0.05) is 0 Å². The van der Waals surface area contributed by atoms with E-state index in [9.17, 15) is 18.3 Å². The maximum Gasteiger partial charge on any atom is 0.275 e. The number of benzene rings is 1. The van der Waals surface area contributed by atoms with Crippen LogP contribution < -0.4 is 9.62 Å². The second kappa shape index (κ2) is 6.71. The van der Waals surface area contributed by atoms with Crippen LogP contribution in [-0.2, 0) is 10.0 Å². The maximum absolute atomic E-state index is 12.5. The molecule has 1 saturated heterocycles. The van der Waals surface area contributed by atoms with Gasteiger partial charge in [0.2, 0.25) is 10.0 Å². The number of phenols is 1. The van der Waals surface area contributed by atoms with Gasteiger partial charge in [-0.25, -0.2) is 13.4 Å². The minimum Gasteiger partial charge on any atom is -0.506 e. The largest absolute Gasteiger partial charge is 0.506 e. The van der Waals surface area contributed by atoms with E-state index in [-0.39, 0.29) is 22.9 Å². The van der Waals surface area contributed by atoms with Crippen molar-refractivity contribution >= 4 is 38.6 Å². The maximum atomic E-state index is 12.5. The molecule has 0 aliphatic carbocycles. The summed E-state index contributed by atoms with van der Waals surface area (Å²) in [6, 6.07) is 7.77. The summed E-state index contributed by atoms with van der Waals surface area (Å²) in [6.45, 7) is 0.374. The first-order valence-electron chi connectivity index (χ1n) is 8.08. The van der Waals surface area contributed by atoms with Gasteiger partial charge < -0.3 is 14.8 Å². The predicted molar refractivity (Wildman–Crippen MR) is 102 cm³/mol. The zero-order valence-electron chi connectivity index (χ0n) is 14.0. The number of carbonyl (C=O) groups excluding carboxylic acids is 1. The second-order valence-electron chi connectivity index (χ2n) is 5.91. The molecule has 0 bridgehead atoms. The van der Waals surface area contributed by atoms with E-state index in [2.05, 4.69) is 10.3 Å². The highest BCUT2D eigenvalue weighted by Crippen LogP contribution is 2.32. The molecule has 140 valence electrons. The normalized spacial score (nSPS) is 15.8. The molecule has 3 heterocycles. The van der Waals surface area contributed by atoms with E-state index < -0.39 is 15.9 Å². The van der Waals surface area contributed by atoms with E-state index in [0.717, 1.165) is 0 Å². The number of rotatable bonds is 4. The number of amides is 1. The third kappa shape index (κ3) is 3.40. The predicted octanol–water partition coefficient (Wildman–Crippen LogP) is 2.90. The topological polar surface area (TPSA) is 113 Å². The summed E-state index contributed by atoms with van der Waals surface area (Å²) in [5.41, 5.74) is 0.687. The number of furan rings is 1. The number of thiazole rings is 1. The molecule has 4 rings (SSSR count). The van der Waals surface area contributed by atoms with Gasteiger partial charge in [0.1, 0.15) is 11.4 Å². The van der Waals surface area contributed by atoms with Crippen molar-refractivity contribution < 1.29 is 22.7 Å². The lowest BCUT2D eigenvalue weighted by molar-refractivity contribution is 0.102. The third-order valence-electron chi connectivity index (χ3n) is 4.08. The summed E-state index contributed by atoms with van der Waals surface area (Å²) in [5.74, 6) is -0.0293. The molecule has 1 amide bonds. The molecule has 0 atom stereocenters. The fourth-order valence-electron chi connectivity index (χ4n) is 2.79. The van der Waals surface area contributed by atoms with E-state index in [4.69, 9.17) is 4.42 Å². The average Bonchev–Trinajstić information content (AvgIpc) is 3.36. The summed E-state index contributed by atoms with van der Waals surface area (Å²) in [5, 5.41) is 14.8. The highest BCUT2D eigenvalue weighted by Gasteiger charge is 2.29. The minimum absolute atomic E-state index is 0.0873. The quantitative estimate of drug-likeness (QED) is 0.646. The van der Waals surface area contributed by atoms with Gasteiger partial charge in [-0.15, -0.1) is 11.3 Å². The molecule has 0 spiro atoms. The highest BCUT2D eigenvalue weighted by molar-refractivity contribution is 7.93. The van der Waals surface area contributed by atoms with E-state index in [1.807, 2.05) is 0 Å². The summed E-state index contributed by atoms with van der Waals surface area (Å²) in [7, 11) is -3.35. The summed E-state index contributed by atoms with van der Waals surface area (Å²) < 4.78 is 30.7. The van der Waals surface area contributed by atoms with Gasteiger partial charge in [0.15, 0.2) is 10.8 Å². The molecule has 0 radical (unpaired) electrons. The number of carbonyl (C=O) groups is 1. The Kier molecular flexibility index (Phi) is 4.36. The molecule has 8 nitrogen and oxygen atoms in total. The number of hydrogen-bond acceptors (Lipinski definition) is 7. The van der Waals surface area contributed by atoms with Gasteiger partial charge in [0.25, 0.3) is 5.91 Å². The lowest BCUT2D eigenvalue weighted by Gasteiger charge is -2.18. The first-order chi connectivity index (χ1) is 12.9. The Morgan fingerprint density at radius 3 is 2.89 bits per heavy atom. The molecular formula is C17H15N3O5S2. The third-order valence-corrected chi connectivity index (χ3v) is 6.81. The monoisotopic (exact) mass is 405 g/mol. The lowest BCUT2D eigenvalue weighted by Crippen LogP contribution is -2.25. The Balaban J connectivity index is 1.57. The summed E-state index contributed by atoms with van der Waals surface area (Å²) >= 11 is 1.26. The first-order valence-corrected chi connectivity index (χ1v) is 10.6. The van der Waals surface area contributed by atoms with Crippen LogP contribution in [0.5, 0.6) is 5.75 Å². The molecule has 10 heteroatoms. The minimum atomic E-state index is -3.35. The van der Waals surface area contributed by atoms with E-state index >= 15 is 0 Å². The summed E-state index contributed by atoms with van der Waals surface area (Å²) in [4.78, 5) is 16.7. The van der Waals surface area contributed by atoms with Gasteiger partial charge in [0, 0.05) is 11.9 Å². The smallest absolute Gasteiger partial charge is 0.275 e. The van der Waals surface area contributed by atoms with Crippen LogP contribution in [0, 0.1) is 0 Å². The number of anilines is 2. The molecule has 27 heavy (non-hydrogen) atoms. The Morgan fingerprint density at radius 1 is 1.33 bits per heavy atom. The Hall–Kier alpha value is -2.85. The fraction of sp³-hybridized carbons (Fsp3) is 0.176. The standard InChI is InChI=1S/C17H15N3O5S2/c21-14-5-4-11(20-6-2-8-27(20,23)24)9-12(14)18-16(22)13-10-26-17(19-13)15-3-1-7-25-15/h1,3-5,7,9-10,21H,2,6,8H2,(H,18,22). The SMILES string of the molecule is O=C(Nc1cc(N2CCCS2(=O)=O)ccc1O)c1csc(-c2ccco2)n1. The summed E-state index contributed by atoms with van der Waals surface area (Å²) in [6.07, 6.45) is 2.06. The molecule has 3 aromatic rings. The van der Waals surface area contributed by atoms with Crippen molar-refractivity contribution in [3.63, 3.8) is 0 Å². The van der Waals surface area contributed by atoms with Crippen LogP contribution in [-0.4, -0.2) is 36.7 Å². The number of nitrogens with zero attached hydrogens (tertiary/aromatic N) is 2. The Morgan fingerprint density at radius 2 is 2.19 bits per heavy atom. The number of aromatic hydroxyl groups is 1. The Labute approximate surface area is 159 Å². The van der Waals surface area contributed by atoms with Gasteiger partial charge in [-0.3, -0.25) is 9.10 Å². The zero-order valence-corrected chi connectivity index (χ0v) is 15.6. The molecule has 0 unspecified atom stereocenters. The van der Waals surface area contributed by atoms with Crippen LogP contribution in [0.25, 0.3) is 10.8 Å². The van der Waals surface area contributed by atoms with Crippen LogP contribution in [0.2, 0.25) is 0 Å². The van der Waals surface area contributed by atoms with Gasteiger partial charge in [-0.2, -0.15) is 0 Å². The van der Waals surface area contributed by atoms with Crippen molar-refractivity contribution in [2.75, 3.05) is 21.9 Å². The van der Waals surface area contributed by atoms with Crippen LogP contribution in [0.15, 0.2) is 46.4 Å². The molecule has 2 N–H and O–H groups in total. The van der Waals surface area contributed by atoms with Gasteiger partial charge in [0.05, 0.1) is 23.4 Å². The highest BCUT2D eigenvalue weighted by atomic mass is 32.2. The van der Waals surface area contributed by atoms with Crippen molar-refractivity contribution in [1.82, 2.24) is 4.98 Å². The first kappa shape index (κ1) is 17.6. The second-order valence-corrected chi connectivity index (χ2v) is 8.78. The van der Waals surface area contributed by atoms with Gasteiger partial charge in [-0.05, 0) is 36.8 Å². The van der Waals surface area contributed by atoms with E-state index in [1.165, 1.54) is 40.1 Å². The molecule has 1 aromatic carbocycles. The zero-order chi connectivity index (χ0) is 19.0. The molecule has 1 fully saturated rings. The van der Waals surface area contributed by atoms with Crippen LogP contribution in [0.1, 0.15) is 16.9 Å². The van der Waals surface area contributed by atoms with E-state index in [0.29, 0.717) is 29.4 Å². The fourth-order valence-corrected chi connectivity index (χ4v) is 5.11. The van der Waals surface area contributed by atoms with Crippen LogP contribution in [0.3, 0.4) is 0 Å². The van der Waals surface area contributed by atoms with Crippen molar-refractivity contribution in [3.05, 3.63) is 47.7 Å². The van der Waals surface area contributed by atoms with Crippen molar-refractivity contribution in [2.45, 2.75) is 6.42 Å². The number of sulfonamides is 1. The van der Waals surface area contributed by atoms with Crippen molar-refractivity contribution in [1.29, 1.82) is 0 Å². The van der Waals surface area contributed by atoms with Crippen LogP contribution in [0.4, 0.5) is 11.4 Å². The molecule has 1 aliphatic rings. The van der Waals surface area contributed by atoms with Crippen LogP contribution >= 0.6 is 11.3 Å².